The van der Waals surface area contributed by atoms with Crippen LogP contribution in [0.5, 0.6) is 0 Å². The van der Waals surface area contributed by atoms with Crippen LogP contribution in [-0.4, -0.2) is 39.5 Å². The van der Waals surface area contributed by atoms with Gasteiger partial charge in [-0.2, -0.15) is 0 Å². The van der Waals surface area contributed by atoms with Crippen LogP contribution in [0.1, 0.15) is 33.5 Å². The first-order chi connectivity index (χ1) is 7.94. The second kappa shape index (κ2) is 6.07. The molecule has 0 saturated carbocycles. The van der Waals surface area contributed by atoms with Crippen LogP contribution in [-0.2, 0) is 17.8 Å². The Labute approximate surface area is 103 Å². The number of rotatable bonds is 7. The summed E-state index contributed by atoms with van der Waals surface area (Å²) < 4.78 is 7.16. The van der Waals surface area contributed by atoms with Crippen molar-refractivity contribution in [3.05, 3.63) is 5.82 Å². The predicted molar refractivity (Wildman–Crippen MR) is 65.4 cm³/mol. The number of ether oxygens (including phenoxy) is 1. The van der Waals surface area contributed by atoms with Crippen LogP contribution in [0.4, 0.5) is 0 Å². The highest BCUT2D eigenvalue weighted by Gasteiger charge is 2.20. The largest absolute Gasteiger partial charge is 0.377 e. The molecule has 0 aliphatic carbocycles. The summed E-state index contributed by atoms with van der Waals surface area (Å²) >= 11 is 0. The fourth-order valence-corrected chi connectivity index (χ4v) is 1.37. The molecule has 0 aliphatic heterocycles. The highest BCUT2D eigenvalue weighted by atomic mass is 16.5. The Bertz CT molecular complexity index is 334. The third-order valence-corrected chi connectivity index (χ3v) is 2.52. The van der Waals surface area contributed by atoms with Gasteiger partial charge in [0, 0.05) is 7.11 Å². The van der Waals surface area contributed by atoms with Crippen molar-refractivity contribution in [1.29, 1.82) is 0 Å². The van der Waals surface area contributed by atoms with Gasteiger partial charge in [0.1, 0.15) is 0 Å². The van der Waals surface area contributed by atoms with Crippen LogP contribution < -0.4 is 5.32 Å². The van der Waals surface area contributed by atoms with Crippen molar-refractivity contribution in [1.82, 2.24) is 25.5 Å². The molecule has 0 fully saturated rings. The third kappa shape index (κ3) is 4.79. The molecule has 0 atom stereocenters. The number of nitrogens with zero attached hydrogens (tertiary/aromatic N) is 4. The topological polar surface area (TPSA) is 64.9 Å². The van der Waals surface area contributed by atoms with Gasteiger partial charge in [0.15, 0.2) is 5.82 Å². The van der Waals surface area contributed by atoms with Crippen LogP contribution >= 0.6 is 0 Å². The monoisotopic (exact) mass is 241 g/mol. The van der Waals surface area contributed by atoms with E-state index in [1.165, 1.54) is 0 Å². The molecule has 0 bridgehead atoms. The fraction of sp³-hybridized carbons (Fsp3) is 0.909. The van der Waals surface area contributed by atoms with Crippen molar-refractivity contribution in [3.8, 4) is 0 Å². The van der Waals surface area contributed by atoms with E-state index in [0.29, 0.717) is 19.0 Å². The Balaban J connectivity index is 2.54. The first-order valence-corrected chi connectivity index (χ1v) is 5.95. The van der Waals surface area contributed by atoms with E-state index in [4.69, 9.17) is 4.74 Å². The number of aromatic nitrogens is 4. The molecule has 1 aromatic heterocycles. The van der Waals surface area contributed by atoms with Crippen molar-refractivity contribution >= 4 is 0 Å². The molecule has 6 nitrogen and oxygen atoms in total. The normalized spacial score (nSPS) is 12.4. The summed E-state index contributed by atoms with van der Waals surface area (Å²) in [7, 11) is 1.70. The van der Waals surface area contributed by atoms with Gasteiger partial charge in [-0.3, -0.25) is 0 Å². The first-order valence-electron chi connectivity index (χ1n) is 5.95. The van der Waals surface area contributed by atoms with Gasteiger partial charge in [-0.05, 0) is 36.7 Å². The Morgan fingerprint density at radius 1 is 1.41 bits per heavy atom. The Morgan fingerprint density at radius 2 is 2.12 bits per heavy atom. The molecule has 1 N–H and O–H groups in total. The second-order valence-electron chi connectivity index (χ2n) is 5.24. The van der Waals surface area contributed by atoms with E-state index >= 15 is 0 Å². The van der Waals surface area contributed by atoms with Crippen molar-refractivity contribution in [2.24, 2.45) is 5.92 Å². The van der Waals surface area contributed by atoms with Gasteiger partial charge in [-0.15, -0.1) is 5.10 Å². The van der Waals surface area contributed by atoms with Crippen molar-refractivity contribution in [3.63, 3.8) is 0 Å². The maximum atomic E-state index is 5.37. The molecule has 0 unspecified atom stereocenters. The molecular formula is C11H23N5O. The minimum atomic E-state index is -0.262. The molecule has 0 saturated heterocycles. The van der Waals surface area contributed by atoms with Gasteiger partial charge >= 0.3 is 0 Å². The number of tetrazole rings is 1. The van der Waals surface area contributed by atoms with Crippen molar-refractivity contribution in [2.75, 3.05) is 13.7 Å². The standard InChI is InChI=1S/C11H23N5O/c1-9(2)6-12-7-10-13-14-15-16(10)8-11(3,4)17-5/h9,12H,6-8H2,1-5H3. The number of hydrogen-bond donors (Lipinski definition) is 1. The molecule has 0 aromatic carbocycles. The Morgan fingerprint density at radius 3 is 2.71 bits per heavy atom. The molecule has 0 amide bonds. The number of methoxy groups -OCH3 is 1. The molecule has 0 aliphatic rings. The lowest BCUT2D eigenvalue weighted by molar-refractivity contribution is 0.00423. The molecule has 1 rings (SSSR count). The van der Waals surface area contributed by atoms with Crippen LogP contribution in [0.25, 0.3) is 0 Å². The Hall–Kier alpha value is -1.01. The maximum absolute atomic E-state index is 5.37. The molecule has 98 valence electrons. The molecule has 6 heteroatoms. The molecular weight excluding hydrogens is 218 g/mol. The molecule has 0 spiro atoms. The summed E-state index contributed by atoms with van der Waals surface area (Å²) in [6, 6.07) is 0. The predicted octanol–water partition coefficient (Wildman–Crippen LogP) is 0.844. The number of nitrogens with one attached hydrogen (secondary N) is 1. The van der Waals surface area contributed by atoms with Gasteiger partial charge in [0.05, 0.1) is 18.7 Å². The zero-order valence-corrected chi connectivity index (χ0v) is 11.4. The second-order valence-corrected chi connectivity index (χ2v) is 5.24. The van der Waals surface area contributed by atoms with Gasteiger partial charge in [-0.1, -0.05) is 13.8 Å². The van der Waals surface area contributed by atoms with Crippen molar-refractivity contribution in [2.45, 2.75) is 46.4 Å². The third-order valence-electron chi connectivity index (χ3n) is 2.52. The van der Waals surface area contributed by atoms with Crippen LogP contribution in [0.3, 0.4) is 0 Å². The SMILES string of the molecule is COC(C)(C)Cn1nnnc1CNCC(C)C. The van der Waals surface area contributed by atoms with Crippen LogP contribution in [0.2, 0.25) is 0 Å². The minimum Gasteiger partial charge on any atom is -0.377 e. The van der Waals surface area contributed by atoms with Gasteiger partial charge in [0.25, 0.3) is 0 Å². The average molecular weight is 241 g/mol. The van der Waals surface area contributed by atoms with E-state index in [1.54, 1.807) is 11.8 Å². The minimum absolute atomic E-state index is 0.262. The highest BCUT2D eigenvalue weighted by molar-refractivity contribution is 4.83. The number of hydrogen-bond acceptors (Lipinski definition) is 5. The van der Waals surface area contributed by atoms with Crippen molar-refractivity contribution < 1.29 is 4.74 Å². The molecule has 1 aromatic rings. The average Bonchev–Trinajstić information content (AvgIpc) is 2.65. The smallest absolute Gasteiger partial charge is 0.165 e. The lowest BCUT2D eigenvalue weighted by Crippen LogP contribution is -2.31. The molecule has 1 heterocycles. The molecule has 0 radical (unpaired) electrons. The van der Waals surface area contributed by atoms with E-state index < -0.39 is 0 Å². The van der Waals surface area contributed by atoms with E-state index in [-0.39, 0.29) is 5.60 Å². The summed E-state index contributed by atoms with van der Waals surface area (Å²) in [4.78, 5) is 0. The van der Waals surface area contributed by atoms with Crippen LogP contribution in [0.15, 0.2) is 0 Å². The van der Waals surface area contributed by atoms with E-state index in [1.807, 2.05) is 13.8 Å². The quantitative estimate of drug-likeness (QED) is 0.766. The summed E-state index contributed by atoms with van der Waals surface area (Å²) in [6.07, 6.45) is 0. The maximum Gasteiger partial charge on any atom is 0.165 e. The highest BCUT2D eigenvalue weighted by Crippen LogP contribution is 2.10. The first kappa shape index (κ1) is 14.1. The Kier molecular flexibility index (Phi) is 5.02. The summed E-state index contributed by atoms with van der Waals surface area (Å²) in [5.74, 6) is 1.46. The van der Waals surface area contributed by atoms with Crippen LogP contribution in [0, 0.1) is 5.92 Å². The molecule has 17 heavy (non-hydrogen) atoms. The summed E-state index contributed by atoms with van der Waals surface area (Å²) in [5.41, 5.74) is -0.262. The zero-order chi connectivity index (χ0) is 12.9. The summed E-state index contributed by atoms with van der Waals surface area (Å²) in [6.45, 7) is 10.7. The van der Waals surface area contributed by atoms with E-state index in [9.17, 15) is 0 Å². The van der Waals surface area contributed by atoms with Gasteiger partial charge < -0.3 is 10.1 Å². The van der Waals surface area contributed by atoms with Gasteiger partial charge in [-0.25, -0.2) is 4.68 Å². The van der Waals surface area contributed by atoms with E-state index in [0.717, 1.165) is 12.4 Å². The summed E-state index contributed by atoms with van der Waals surface area (Å²) in [5, 5.41) is 15.0. The lowest BCUT2D eigenvalue weighted by Gasteiger charge is -2.22. The fourth-order valence-electron chi connectivity index (χ4n) is 1.37. The zero-order valence-electron chi connectivity index (χ0n) is 11.4. The van der Waals surface area contributed by atoms with E-state index in [2.05, 4.69) is 34.7 Å². The van der Waals surface area contributed by atoms with Gasteiger partial charge in [0.2, 0.25) is 0 Å². The lowest BCUT2D eigenvalue weighted by atomic mass is 10.1.